The molecule has 1 atom stereocenters. The van der Waals surface area contributed by atoms with Gasteiger partial charge in [-0.25, -0.2) is 4.79 Å². The van der Waals surface area contributed by atoms with E-state index >= 15 is 0 Å². The number of carboxylic acid groups (broad SMARTS) is 1. The highest BCUT2D eigenvalue weighted by atomic mass is 35.5. The van der Waals surface area contributed by atoms with E-state index in [4.69, 9.17) is 23.2 Å². The number of aromatic nitrogens is 2. The van der Waals surface area contributed by atoms with Crippen LogP contribution in [0.1, 0.15) is 27.9 Å². The Hall–Kier alpha value is -3.75. The maximum absolute atomic E-state index is 12.5. The summed E-state index contributed by atoms with van der Waals surface area (Å²) in [7, 11) is 0. The minimum atomic E-state index is -1.04. The number of rotatable bonds is 8. The van der Waals surface area contributed by atoms with Gasteiger partial charge < -0.3 is 15.7 Å². The van der Waals surface area contributed by atoms with E-state index in [2.05, 4.69) is 20.6 Å². The van der Waals surface area contributed by atoms with Crippen molar-refractivity contribution in [3.8, 4) is 0 Å². The summed E-state index contributed by atoms with van der Waals surface area (Å²) >= 11 is 12.0. The smallest absolute Gasteiger partial charge is 0.326 e. The summed E-state index contributed by atoms with van der Waals surface area (Å²) < 4.78 is 0. The van der Waals surface area contributed by atoms with E-state index in [1.54, 1.807) is 48.8 Å². The number of hydrogen-bond acceptors (Lipinski definition) is 6. The molecule has 0 saturated carbocycles. The first-order valence-corrected chi connectivity index (χ1v) is 10.9. The molecule has 172 valence electrons. The van der Waals surface area contributed by atoms with Crippen LogP contribution in [0.4, 0.5) is 5.69 Å². The molecule has 8 nitrogen and oxygen atoms in total. The van der Waals surface area contributed by atoms with Crippen molar-refractivity contribution >= 4 is 52.1 Å². The van der Waals surface area contributed by atoms with Crippen LogP contribution in [0.25, 0.3) is 5.57 Å². The molecule has 10 heteroatoms. The van der Waals surface area contributed by atoms with Gasteiger partial charge in [0.05, 0.1) is 22.0 Å². The van der Waals surface area contributed by atoms with Crippen LogP contribution in [0.15, 0.2) is 66.9 Å². The third-order valence-electron chi connectivity index (χ3n) is 5.25. The number of carboxylic acids is 1. The molecule has 1 amide bonds. The Balaban J connectivity index is 1.45. The van der Waals surface area contributed by atoms with E-state index < -0.39 is 17.9 Å². The Bertz CT molecular complexity index is 1270. The van der Waals surface area contributed by atoms with Crippen LogP contribution >= 0.6 is 23.2 Å². The second-order valence-corrected chi connectivity index (χ2v) is 8.38. The molecule has 34 heavy (non-hydrogen) atoms. The van der Waals surface area contributed by atoms with Crippen molar-refractivity contribution in [1.29, 1.82) is 0 Å². The molecule has 3 aromatic rings. The molecule has 0 radical (unpaired) electrons. The van der Waals surface area contributed by atoms with Gasteiger partial charge in [0.15, 0.2) is 5.78 Å². The van der Waals surface area contributed by atoms with Gasteiger partial charge in [0, 0.05) is 53.7 Å². The first-order valence-electron chi connectivity index (χ1n) is 10.2. The fourth-order valence-corrected chi connectivity index (χ4v) is 4.10. The summed E-state index contributed by atoms with van der Waals surface area (Å²) in [5.41, 5.74) is 3.03. The van der Waals surface area contributed by atoms with Crippen LogP contribution in [0.2, 0.25) is 10.0 Å². The first-order chi connectivity index (χ1) is 16.3. The van der Waals surface area contributed by atoms with Gasteiger partial charge in [-0.3, -0.25) is 19.6 Å². The van der Waals surface area contributed by atoms with Crippen molar-refractivity contribution in [2.75, 3.05) is 5.32 Å². The number of carbonyl (C=O) groups is 3. The Morgan fingerprint density at radius 3 is 2.32 bits per heavy atom. The maximum Gasteiger partial charge on any atom is 0.326 e. The van der Waals surface area contributed by atoms with Gasteiger partial charge in [-0.2, -0.15) is 0 Å². The summed E-state index contributed by atoms with van der Waals surface area (Å²) in [4.78, 5) is 44.3. The van der Waals surface area contributed by atoms with Crippen LogP contribution < -0.4 is 10.6 Å². The summed E-state index contributed by atoms with van der Waals surface area (Å²) in [5.74, 6) is -1.59. The van der Waals surface area contributed by atoms with Crippen molar-refractivity contribution < 1.29 is 19.5 Å². The number of benzene rings is 1. The highest BCUT2D eigenvalue weighted by Gasteiger charge is 2.31. The average Bonchev–Trinajstić information content (AvgIpc) is 2.79. The number of nitrogens with zero attached hydrogens (tertiary/aromatic N) is 2. The van der Waals surface area contributed by atoms with Crippen LogP contribution in [-0.2, 0) is 16.0 Å². The standard InChI is InChI=1S/C24H18Cl2N4O4/c25-16-11-28-12-17(26)22(16)23(32)29-15-5-3-13(4-6-15)8-19(24(33)34)30-18-9-20(31)21(18)14-2-1-7-27-10-14/h1-7,10-12,19,30H,8-9H2,(H,29,32)(H,33,34)/t19-/m0/s1. The lowest BCUT2D eigenvalue weighted by Crippen LogP contribution is -2.41. The molecule has 0 fully saturated rings. The number of anilines is 1. The van der Waals surface area contributed by atoms with E-state index in [0.29, 0.717) is 22.5 Å². The number of ketones is 1. The number of hydrogen-bond donors (Lipinski definition) is 3. The highest BCUT2D eigenvalue weighted by Crippen LogP contribution is 2.31. The van der Waals surface area contributed by atoms with Crippen molar-refractivity contribution in [1.82, 2.24) is 15.3 Å². The molecule has 4 rings (SSSR count). The predicted molar refractivity (Wildman–Crippen MR) is 128 cm³/mol. The number of pyridine rings is 2. The van der Waals surface area contributed by atoms with E-state index in [1.807, 2.05) is 0 Å². The van der Waals surface area contributed by atoms with Gasteiger partial charge in [-0.05, 0) is 23.8 Å². The lowest BCUT2D eigenvalue weighted by atomic mass is 9.87. The summed E-state index contributed by atoms with van der Waals surface area (Å²) in [6.45, 7) is 0. The molecule has 1 aliphatic rings. The topological polar surface area (TPSA) is 121 Å². The lowest BCUT2D eigenvalue weighted by molar-refractivity contribution is -0.139. The Kier molecular flexibility index (Phi) is 6.90. The second-order valence-electron chi connectivity index (χ2n) is 7.56. The molecule has 1 aromatic carbocycles. The normalized spacial score (nSPS) is 13.8. The van der Waals surface area contributed by atoms with Crippen LogP contribution in [0, 0.1) is 0 Å². The molecule has 0 bridgehead atoms. The van der Waals surface area contributed by atoms with Crippen LogP contribution in [0.5, 0.6) is 0 Å². The summed E-state index contributed by atoms with van der Waals surface area (Å²) in [6.07, 6.45) is 6.16. The number of Topliss-reactive ketones (excluding diaryl/α,β-unsaturated/α-hetero) is 1. The van der Waals surface area contributed by atoms with Crippen molar-refractivity contribution in [2.24, 2.45) is 0 Å². The van der Waals surface area contributed by atoms with Crippen molar-refractivity contribution in [3.05, 3.63) is 93.6 Å². The minimum Gasteiger partial charge on any atom is -0.480 e. The molecular weight excluding hydrogens is 479 g/mol. The Morgan fingerprint density at radius 1 is 1.03 bits per heavy atom. The van der Waals surface area contributed by atoms with E-state index in [1.165, 1.54) is 12.4 Å². The molecule has 1 aliphatic carbocycles. The van der Waals surface area contributed by atoms with Crippen LogP contribution in [0.3, 0.4) is 0 Å². The maximum atomic E-state index is 12.5. The number of aliphatic carboxylic acids is 1. The number of amides is 1. The average molecular weight is 497 g/mol. The van der Waals surface area contributed by atoms with E-state index in [9.17, 15) is 19.5 Å². The van der Waals surface area contributed by atoms with Crippen LogP contribution in [-0.4, -0.2) is 38.8 Å². The third kappa shape index (κ3) is 5.08. The molecule has 3 N–H and O–H groups in total. The SMILES string of the molecule is O=C1CC(N[C@@H](Cc2ccc(NC(=O)c3c(Cl)cncc3Cl)cc2)C(=O)O)=C1c1cccnc1. The predicted octanol–water partition coefficient (Wildman–Crippen LogP) is 4.01. The van der Waals surface area contributed by atoms with Gasteiger partial charge in [0.2, 0.25) is 0 Å². The second kappa shape index (κ2) is 10.0. The zero-order valence-electron chi connectivity index (χ0n) is 17.6. The largest absolute Gasteiger partial charge is 0.480 e. The first kappa shape index (κ1) is 23.4. The lowest BCUT2D eigenvalue weighted by Gasteiger charge is -2.27. The summed E-state index contributed by atoms with van der Waals surface area (Å²) in [6, 6.07) is 9.28. The van der Waals surface area contributed by atoms with Gasteiger partial charge in [0.1, 0.15) is 6.04 Å². The zero-order chi connectivity index (χ0) is 24.2. The molecule has 0 aliphatic heterocycles. The number of allylic oxidation sites excluding steroid dienone is 2. The molecular formula is C24H18Cl2N4O4. The van der Waals surface area contributed by atoms with Gasteiger partial charge in [-0.1, -0.05) is 41.4 Å². The monoisotopic (exact) mass is 496 g/mol. The molecule has 0 spiro atoms. The highest BCUT2D eigenvalue weighted by molar-refractivity contribution is 6.40. The molecule has 0 saturated heterocycles. The molecule has 2 aromatic heterocycles. The molecule has 0 unspecified atom stereocenters. The fourth-order valence-electron chi connectivity index (χ4n) is 3.56. The van der Waals surface area contributed by atoms with Gasteiger partial charge >= 0.3 is 5.97 Å². The quantitative estimate of drug-likeness (QED) is 0.430. The van der Waals surface area contributed by atoms with Crippen molar-refractivity contribution in [2.45, 2.75) is 18.9 Å². The molecule has 2 heterocycles. The fraction of sp³-hybridized carbons (Fsp3) is 0.125. The number of nitrogens with one attached hydrogen (secondary N) is 2. The van der Waals surface area contributed by atoms with Gasteiger partial charge in [0.25, 0.3) is 5.91 Å². The Labute approximate surface area is 204 Å². The number of halogens is 2. The third-order valence-corrected chi connectivity index (χ3v) is 5.82. The minimum absolute atomic E-state index is 0.0610. The summed E-state index contributed by atoms with van der Waals surface area (Å²) in [5, 5.41) is 15.7. The van der Waals surface area contributed by atoms with E-state index in [0.717, 1.165) is 5.56 Å². The van der Waals surface area contributed by atoms with Crippen molar-refractivity contribution in [3.63, 3.8) is 0 Å². The van der Waals surface area contributed by atoms with Gasteiger partial charge in [-0.15, -0.1) is 0 Å². The zero-order valence-corrected chi connectivity index (χ0v) is 19.1. The van der Waals surface area contributed by atoms with E-state index in [-0.39, 0.29) is 34.2 Å². The Morgan fingerprint density at radius 2 is 1.74 bits per heavy atom. The number of carbonyl (C=O) groups excluding carboxylic acids is 2.